The molecule has 0 spiro atoms. The first kappa shape index (κ1) is 19.1. The van der Waals surface area contributed by atoms with E-state index in [2.05, 4.69) is 25.3 Å². The third-order valence-electron chi connectivity index (χ3n) is 4.45. The lowest BCUT2D eigenvalue weighted by molar-refractivity contribution is 0.167. The van der Waals surface area contributed by atoms with Crippen LogP contribution in [-0.4, -0.2) is 47.3 Å². The number of aliphatic hydroxyl groups excluding tert-OH is 1. The van der Waals surface area contributed by atoms with E-state index in [-0.39, 0.29) is 6.10 Å². The lowest BCUT2D eigenvalue weighted by atomic mass is 10.2. The standard InChI is InChI=1S/C21H24N6O2/c1-12(2)29-15-5-6-17-16(10-15)20(25-24-17)21-22-8-7-18(23-21)19-9-13(3)27(26-19)11-14(4)28/h5-10,12,14,28H,11H2,1-4H3,(H,24,25). The molecular formula is C21H24N6O2. The number of nitrogens with one attached hydrogen (secondary N) is 1. The van der Waals surface area contributed by atoms with Gasteiger partial charge in [0.15, 0.2) is 5.82 Å². The lowest BCUT2D eigenvalue weighted by Crippen LogP contribution is -2.14. The minimum atomic E-state index is -0.472. The molecule has 0 amide bonds. The third kappa shape index (κ3) is 3.97. The zero-order valence-electron chi connectivity index (χ0n) is 16.9. The number of rotatable bonds is 6. The van der Waals surface area contributed by atoms with Gasteiger partial charge in [-0.3, -0.25) is 9.78 Å². The molecule has 1 aromatic carbocycles. The Bertz CT molecular complexity index is 1150. The van der Waals surface area contributed by atoms with E-state index in [1.165, 1.54) is 0 Å². The van der Waals surface area contributed by atoms with Crippen molar-refractivity contribution in [3.63, 3.8) is 0 Å². The monoisotopic (exact) mass is 392 g/mol. The number of aryl methyl sites for hydroxylation is 1. The number of nitrogens with zero attached hydrogens (tertiary/aromatic N) is 5. The molecule has 0 radical (unpaired) electrons. The van der Waals surface area contributed by atoms with Crippen LogP contribution in [0.25, 0.3) is 33.8 Å². The molecule has 0 aliphatic rings. The fourth-order valence-electron chi connectivity index (χ4n) is 3.19. The van der Waals surface area contributed by atoms with Crippen molar-refractivity contribution in [3.8, 4) is 28.7 Å². The van der Waals surface area contributed by atoms with Gasteiger partial charge in [-0.25, -0.2) is 9.97 Å². The lowest BCUT2D eigenvalue weighted by Gasteiger charge is -2.09. The van der Waals surface area contributed by atoms with E-state index in [1.54, 1.807) is 17.8 Å². The average molecular weight is 392 g/mol. The van der Waals surface area contributed by atoms with E-state index in [1.807, 2.05) is 51.1 Å². The number of ether oxygens (including phenoxy) is 1. The molecular weight excluding hydrogens is 368 g/mol. The van der Waals surface area contributed by atoms with Crippen molar-refractivity contribution in [2.75, 3.05) is 0 Å². The number of aromatic nitrogens is 6. The van der Waals surface area contributed by atoms with Crippen LogP contribution in [0.3, 0.4) is 0 Å². The summed E-state index contributed by atoms with van der Waals surface area (Å²) in [6.07, 6.45) is 1.32. The highest BCUT2D eigenvalue weighted by Crippen LogP contribution is 2.29. The molecule has 4 rings (SSSR count). The maximum absolute atomic E-state index is 9.65. The summed E-state index contributed by atoms with van der Waals surface area (Å²) in [5.41, 5.74) is 3.95. The topological polar surface area (TPSA) is 102 Å². The van der Waals surface area contributed by atoms with E-state index in [9.17, 15) is 5.11 Å². The van der Waals surface area contributed by atoms with Gasteiger partial charge in [0.1, 0.15) is 17.1 Å². The number of aliphatic hydroxyl groups is 1. The van der Waals surface area contributed by atoms with Crippen LogP contribution in [0.2, 0.25) is 0 Å². The number of hydrogen-bond donors (Lipinski definition) is 2. The van der Waals surface area contributed by atoms with Crippen molar-refractivity contribution in [2.24, 2.45) is 0 Å². The second-order valence-electron chi connectivity index (χ2n) is 7.41. The minimum Gasteiger partial charge on any atom is -0.491 e. The Morgan fingerprint density at radius 1 is 1.14 bits per heavy atom. The van der Waals surface area contributed by atoms with Gasteiger partial charge in [-0.1, -0.05) is 0 Å². The Morgan fingerprint density at radius 2 is 1.97 bits per heavy atom. The molecule has 4 aromatic rings. The molecule has 8 heteroatoms. The summed E-state index contributed by atoms with van der Waals surface area (Å²) in [5.74, 6) is 1.29. The van der Waals surface area contributed by atoms with Gasteiger partial charge in [0.05, 0.1) is 30.0 Å². The molecule has 150 valence electrons. The van der Waals surface area contributed by atoms with E-state index >= 15 is 0 Å². The van der Waals surface area contributed by atoms with E-state index < -0.39 is 6.10 Å². The third-order valence-corrected chi connectivity index (χ3v) is 4.45. The fraction of sp³-hybridized carbons (Fsp3) is 0.333. The summed E-state index contributed by atoms with van der Waals surface area (Å²) in [7, 11) is 0. The van der Waals surface area contributed by atoms with Gasteiger partial charge in [0, 0.05) is 17.3 Å². The first-order chi connectivity index (χ1) is 13.9. The number of fused-ring (bicyclic) bond motifs is 1. The molecule has 0 aliphatic carbocycles. The van der Waals surface area contributed by atoms with Crippen molar-refractivity contribution in [2.45, 2.75) is 46.4 Å². The summed E-state index contributed by atoms with van der Waals surface area (Å²) in [6.45, 7) is 8.12. The largest absolute Gasteiger partial charge is 0.491 e. The van der Waals surface area contributed by atoms with Gasteiger partial charge in [0.25, 0.3) is 0 Å². The average Bonchev–Trinajstić information content (AvgIpc) is 3.24. The van der Waals surface area contributed by atoms with Crippen LogP contribution in [0.1, 0.15) is 26.5 Å². The zero-order valence-corrected chi connectivity index (χ0v) is 16.9. The van der Waals surface area contributed by atoms with Gasteiger partial charge in [-0.15, -0.1) is 0 Å². The first-order valence-corrected chi connectivity index (χ1v) is 9.62. The van der Waals surface area contributed by atoms with Crippen LogP contribution in [-0.2, 0) is 6.54 Å². The fourth-order valence-corrected chi connectivity index (χ4v) is 3.19. The molecule has 29 heavy (non-hydrogen) atoms. The second kappa shape index (κ2) is 7.63. The summed E-state index contributed by atoms with van der Waals surface area (Å²) in [4.78, 5) is 9.10. The van der Waals surface area contributed by atoms with E-state index in [0.717, 1.165) is 28.0 Å². The highest BCUT2D eigenvalue weighted by Gasteiger charge is 2.15. The molecule has 1 atom stereocenters. The minimum absolute atomic E-state index is 0.0855. The highest BCUT2D eigenvalue weighted by atomic mass is 16.5. The molecule has 2 N–H and O–H groups in total. The van der Waals surface area contributed by atoms with Crippen molar-refractivity contribution in [3.05, 3.63) is 42.2 Å². The normalized spacial score (nSPS) is 12.6. The van der Waals surface area contributed by atoms with Gasteiger partial charge in [-0.05, 0) is 58.0 Å². The van der Waals surface area contributed by atoms with Crippen LogP contribution >= 0.6 is 0 Å². The molecule has 3 aromatic heterocycles. The Hall–Kier alpha value is -3.26. The molecule has 8 nitrogen and oxygen atoms in total. The Balaban J connectivity index is 1.72. The van der Waals surface area contributed by atoms with Crippen LogP contribution < -0.4 is 4.74 Å². The molecule has 1 unspecified atom stereocenters. The summed E-state index contributed by atoms with van der Waals surface area (Å²) in [6, 6.07) is 9.57. The number of benzene rings is 1. The SMILES string of the molecule is Cc1cc(-c2ccnc(-c3n[nH]c4ccc(OC(C)C)cc34)n2)nn1CC(C)O. The molecule has 0 saturated carbocycles. The molecule has 0 saturated heterocycles. The van der Waals surface area contributed by atoms with Crippen LogP contribution in [0, 0.1) is 6.92 Å². The van der Waals surface area contributed by atoms with Crippen molar-refractivity contribution >= 4 is 10.9 Å². The smallest absolute Gasteiger partial charge is 0.181 e. The predicted octanol–water partition coefficient (Wildman–Crippen LogP) is 3.36. The Morgan fingerprint density at radius 3 is 2.72 bits per heavy atom. The second-order valence-corrected chi connectivity index (χ2v) is 7.41. The van der Waals surface area contributed by atoms with Gasteiger partial charge in [-0.2, -0.15) is 10.2 Å². The maximum Gasteiger partial charge on any atom is 0.181 e. The number of H-pyrrole nitrogens is 1. The molecule has 3 heterocycles. The summed E-state index contributed by atoms with van der Waals surface area (Å²) >= 11 is 0. The summed E-state index contributed by atoms with van der Waals surface area (Å²) in [5, 5.41) is 22.6. The number of aromatic amines is 1. The quantitative estimate of drug-likeness (QED) is 0.522. The predicted molar refractivity (Wildman–Crippen MR) is 111 cm³/mol. The number of hydrogen-bond acceptors (Lipinski definition) is 6. The van der Waals surface area contributed by atoms with Gasteiger partial charge in [0.2, 0.25) is 0 Å². The van der Waals surface area contributed by atoms with E-state index in [4.69, 9.17) is 4.74 Å². The van der Waals surface area contributed by atoms with Gasteiger partial charge < -0.3 is 9.84 Å². The van der Waals surface area contributed by atoms with Crippen LogP contribution in [0.4, 0.5) is 0 Å². The highest BCUT2D eigenvalue weighted by molar-refractivity contribution is 5.92. The van der Waals surface area contributed by atoms with Crippen molar-refractivity contribution in [1.82, 2.24) is 29.9 Å². The first-order valence-electron chi connectivity index (χ1n) is 9.62. The van der Waals surface area contributed by atoms with Gasteiger partial charge >= 0.3 is 0 Å². The maximum atomic E-state index is 9.65. The Kier molecular flexibility index (Phi) is 5.02. The molecule has 0 aliphatic heterocycles. The van der Waals surface area contributed by atoms with Crippen molar-refractivity contribution < 1.29 is 9.84 Å². The zero-order chi connectivity index (χ0) is 20.5. The Labute approximate surface area is 168 Å². The van der Waals surface area contributed by atoms with Crippen molar-refractivity contribution in [1.29, 1.82) is 0 Å². The summed E-state index contributed by atoms with van der Waals surface area (Å²) < 4.78 is 7.59. The molecule has 0 bridgehead atoms. The van der Waals surface area contributed by atoms with Crippen LogP contribution in [0.15, 0.2) is 36.5 Å². The molecule has 0 fully saturated rings. The van der Waals surface area contributed by atoms with Crippen LogP contribution in [0.5, 0.6) is 5.75 Å². The van der Waals surface area contributed by atoms with E-state index in [0.29, 0.717) is 23.8 Å².